The molecule has 5 heteroatoms. The first-order chi connectivity index (χ1) is 7.41. The topological polar surface area (TPSA) is 58.4 Å². The Labute approximate surface area is 100 Å². The van der Waals surface area contributed by atoms with Crippen LogP contribution in [-0.2, 0) is 4.79 Å². The zero-order valence-corrected chi connectivity index (χ0v) is 10.4. The second kappa shape index (κ2) is 5.07. The fourth-order valence-corrected chi connectivity index (χ4v) is 1.53. The first-order valence-electron chi connectivity index (χ1n) is 4.94. The summed E-state index contributed by atoms with van der Waals surface area (Å²) in [4.78, 5) is 13.2. The first-order valence-corrected chi connectivity index (χ1v) is 5.32. The molecule has 1 atom stereocenters. The van der Waals surface area contributed by atoms with Gasteiger partial charge in [0.05, 0.1) is 11.4 Å². The SMILES string of the molecule is CC(Nc1ccc(Cl)cc1N)C(=O)N(C)C. The number of benzene rings is 1. The van der Waals surface area contributed by atoms with Crippen LogP contribution in [0.25, 0.3) is 0 Å². The smallest absolute Gasteiger partial charge is 0.244 e. The second-order valence-electron chi connectivity index (χ2n) is 3.83. The lowest BCUT2D eigenvalue weighted by Gasteiger charge is -2.19. The Bertz CT molecular complexity index is 393. The zero-order valence-electron chi connectivity index (χ0n) is 9.62. The monoisotopic (exact) mass is 241 g/mol. The van der Waals surface area contributed by atoms with E-state index in [1.54, 1.807) is 39.2 Å². The predicted molar refractivity (Wildman–Crippen MR) is 67.6 cm³/mol. The molecule has 0 heterocycles. The molecule has 16 heavy (non-hydrogen) atoms. The lowest BCUT2D eigenvalue weighted by Crippen LogP contribution is -2.36. The largest absolute Gasteiger partial charge is 0.397 e. The Morgan fingerprint density at radius 3 is 2.62 bits per heavy atom. The molecule has 0 spiro atoms. The minimum atomic E-state index is -0.321. The molecule has 0 radical (unpaired) electrons. The van der Waals surface area contributed by atoms with Crippen LogP contribution in [0.4, 0.5) is 11.4 Å². The van der Waals surface area contributed by atoms with Crippen molar-refractivity contribution in [1.82, 2.24) is 4.90 Å². The summed E-state index contributed by atoms with van der Waals surface area (Å²) in [6.07, 6.45) is 0. The number of carbonyl (C=O) groups excluding carboxylic acids is 1. The number of nitrogens with two attached hydrogens (primary N) is 1. The Kier molecular flexibility index (Phi) is 4.01. The minimum absolute atomic E-state index is 0.00523. The number of nitrogens with zero attached hydrogens (tertiary/aromatic N) is 1. The van der Waals surface area contributed by atoms with Gasteiger partial charge in [0.2, 0.25) is 5.91 Å². The maximum Gasteiger partial charge on any atom is 0.244 e. The third kappa shape index (κ3) is 3.03. The van der Waals surface area contributed by atoms with E-state index in [9.17, 15) is 4.79 Å². The summed E-state index contributed by atoms with van der Waals surface area (Å²) in [5, 5.41) is 3.62. The summed E-state index contributed by atoms with van der Waals surface area (Å²) < 4.78 is 0. The van der Waals surface area contributed by atoms with Gasteiger partial charge in [0.15, 0.2) is 0 Å². The minimum Gasteiger partial charge on any atom is -0.397 e. The summed E-state index contributed by atoms with van der Waals surface area (Å²) in [7, 11) is 3.43. The Morgan fingerprint density at radius 2 is 2.12 bits per heavy atom. The Hall–Kier alpha value is -1.42. The van der Waals surface area contributed by atoms with E-state index >= 15 is 0 Å². The van der Waals surface area contributed by atoms with Crippen molar-refractivity contribution in [3.05, 3.63) is 23.2 Å². The number of amides is 1. The highest BCUT2D eigenvalue weighted by Gasteiger charge is 2.15. The number of nitrogen functional groups attached to an aromatic ring is 1. The molecule has 1 amide bonds. The van der Waals surface area contributed by atoms with Crippen LogP contribution in [0.1, 0.15) is 6.92 Å². The average Bonchev–Trinajstić information content (AvgIpc) is 2.20. The molecule has 0 aliphatic carbocycles. The average molecular weight is 242 g/mol. The third-order valence-electron chi connectivity index (χ3n) is 2.20. The van der Waals surface area contributed by atoms with Gasteiger partial charge >= 0.3 is 0 Å². The van der Waals surface area contributed by atoms with Gasteiger partial charge in [0.25, 0.3) is 0 Å². The summed E-state index contributed by atoms with van der Waals surface area (Å²) in [5.74, 6) is -0.00523. The van der Waals surface area contributed by atoms with Crippen molar-refractivity contribution in [3.63, 3.8) is 0 Å². The quantitative estimate of drug-likeness (QED) is 0.794. The van der Waals surface area contributed by atoms with Crippen LogP contribution in [0.3, 0.4) is 0 Å². The van der Waals surface area contributed by atoms with Crippen LogP contribution < -0.4 is 11.1 Å². The van der Waals surface area contributed by atoms with E-state index in [0.29, 0.717) is 16.4 Å². The molecule has 1 aromatic carbocycles. The molecule has 0 fully saturated rings. The van der Waals surface area contributed by atoms with Gasteiger partial charge < -0.3 is 16.0 Å². The Morgan fingerprint density at radius 1 is 1.50 bits per heavy atom. The Balaban J connectivity index is 2.77. The van der Waals surface area contributed by atoms with E-state index in [2.05, 4.69) is 5.32 Å². The van der Waals surface area contributed by atoms with Crippen molar-refractivity contribution in [3.8, 4) is 0 Å². The van der Waals surface area contributed by atoms with E-state index in [-0.39, 0.29) is 11.9 Å². The molecule has 4 nitrogen and oxygen atoms in total. The summed E-state index contributed by atoms with van der Waals surface area (Å²) >= 11 is 5.78. The van der Waals surface area contributed by atoms with E-state index in [4.69, 9.17) is 17.3 Å². The van der Waals surface area contributed by atoms with Crippen LogP contribution in [0.15, 0.2) is 18.2 Å². The van der Waals surface area contributed by atoms with Crippen molar-refractivity contribution < 1.29 is 4.79 Å². The van der Waals surface area contributed by atoms with Gasteiger partial charge in [-0.15, -0.1) is 0 Å². The van der Waals surface area contributed by atoms with E-state index in [1.165, 1.54) is 4.90 Å². The summed E-state index contributed by atoms with van der Waals surface area (Å²) in [6.45, 7) is 1.79. The number of hydrogen-bond acceptors (Lipinski definition) is 3. The second-order valence-corrected chi connectivity index (χ2v) is 4.27. The molecule has 1 unspecified atom stereocenters. The number of nitrogens with one attached hydrogen (secondary N) is 1. The predicted octanol–water partition coefficient (Wildman–Crippen LogP) is 1.81. The van der Waals surface area contributed by atoms with Crippen molar-refractivity contribution in [1.29, 1.82) is 0 Å². The van der Waals surface area contributed by atoms with Gasteiger partial charge in [-0.1, -0.05) is 11.6 Å². The van der Waals surface area contributed by atoms with Crippen LogP contribution in [0.2, 0.25) is 5.02 Å². The highest BCUT2D eigenvalue weighted by molar-refractivity contribution is 6.31. The maximum atomic E-state index is 11.6. The molecule has 0 bridgehead atoms. The lowest BCUT2D eigenvalue weighted by atomic mass is 10.2. The van der Waals surface area contributed by atoms with Gasteiger partial charge in [-0.25, -0.2) is 0 Å². The third-order valence-corrected chi connectivity index (χ3v) is 2.43. The molecular weight excluding hydrogens is 226 g/mol. The highest BCUT2D eigenvalue weighted by Crippen LogP contribution is 2.23. The van der Waals surface area contributed by atoms with Gasteiger partial charge in [-0.3, -0.25) is 4.79 Å². The fourth-order valence-electron chi connectivity index (χ4n) is 1.35. The molecule has 0 saturated heterocycles. The van der Waals surface area contributed by atoms with Gasteiger partial charge in [-0.05, 0) is 25.1 Å². The first kappa shape index (κ1) is 12.6. The van der Waals surface area contributed by atoms with Crippen molar-refractivity contribution >= 4 is 28.9 Å². The van der Waals surface area contributed by atoms with Crippen LogP contribution in [0, 0.1) is 0 Å². The highest BCUT2D eigenvalue weighted by atomic mass is 35.5. The standard InChI is InChI=1S/C11H16ClN3O/c1-7(11(16)15(2)3)14-10-5-4-8(12)6-9(10)13/h4-7,14H,13H2,1-3H3. The van der Waals surface area contributed by atoms with Gasteiger partial charge in [0.1, 0.15) is 6.04 Å². The summed E-state index contributed by atoms with van der Waals surface area (Å²) in [6, 6.07) is 4.82. The van der Waals surface area contributed by atoms with Crippen LogP contribution >= 0.6 is 11.6 Å². The molecule has 88 valence electrons. The van der Waals surface area contributed by atoms with E-state index < -0.39 is 0 Å². The molecule has 1 rings (SSSR count). The normalized spacial score (nSPS) is 12.0. The van der Waals surface area contributed by atoms with Gasteiger partial charge in [0, 0.05) is 19.1 Å². The lowest BCUT2D eigenvalue weighted by molar-refractivity contribution is -0.129. The van der Waals surface area contributed by atoms with Crippen LogP contribution in [0.5, 0.6) is 0 Å². The molecular formula is C11H16ClN3O. The maximum absolute atomic E-state index is 11.6. The number of halogens is 1. The van der Waals surface area contributed by atoms with E-state index in [0.717, 1.165) is 0 Å². The molecule has 0 aromatic heterocycles. The molecule has 0 aliphatic rings. The fraction of sp³-hybridized carbons (Fsp3) is 0.364. The summed E-state index contributed by atoms with van der Waals surface area (Å²) in [5.41, 5.74) is 7.02. The van der Waals surface area contributed by atoms with Crippen molar-refractivity contribution in [2.45, 2.75) is 13.0 Å². The molecule has 1 aromatic rings. The van der Waals surface area contributed by atoms with Gasteiger partial charge in [-0.2, -0.15) is 0 Å². The van der Waals surface area contributed by atoms with E-state index in [1.807, 2.05) is 0 Å². The van der Waals surface area contributed by atoms with Crippen molar-refractivity contribution in [2.24, 2.45) is 0 Å². The number of carbonyl (C=O) groups is 1. The molecule has 0 aliphatic heterocycles. The number of likely N-dealkylation sites (N-methyl/N-ethyl adjacent to an activating group) is 1. The zero-order chi connectivity index (χ0) is 12.3. The molecule has 3 N–H and O–H groups in total. The number of anilines is 2. The molecule has 0 saturated carbocycles. The van der Waals surface area contributed by atoms with Crippen LogP contribution in [-0.4, -0.2) is 30.9 Å². The number of hydrogen-bond donors (Lipinski definition) is 2. The number of rotatable bonds is 3. The van der Waals surface area contributed by atoms with Crippen molar-refractivity contribution in [2.75, 3.05) is 25.1 Å².